The van der Waals surface area contributed by atoms with E-state index in [2.05, 4.69) is 17.4 Å². The third kappa shape index (κ3) is 3.62. The highest BCUT2D eigenvalue weighted by atomic mass is 35.5. The van der Waals surface area contributed by atoms with Gasteiger partial charge in [0.1, 0.15) is 5.82 Å². The van der Waals surface area contributed by atoms with E-state index < -0.39 is 0 Å². The van der Waals surface area contributed by atoms with Gasteiger partial charge in [-0.15, -0.1) is 0 Å². The highest BCUT2D eigenvalue weighted by Gasteiger charge is 2.25. The summed E-state index contributed by atoms with van der Waals surface area (Å²) in [7, 11) is 0. The Kier molecular flexibility index (Phi) is 5.07. The molecule has 6 heteroatoms. The van der Waals surface area contributed by atoms with Gasteiger partial charge in [-0.2, -0.15) is 16.9 Å². The van der Waals surface area contributed by atoms with Gasteiger partial charge in [-0.05, 0) is 47.5 Å². The maximum atomic E-state index is 13.0. The van der Waals surface area contributed by atoms with E-state index in [1.54, 1.807) is 16.4 Å². The van der Waals surface area contributed by atoms with E-state index in [4.69, 9.17) is 16.7 Å². The van der Waals surface area contributed by atoms with Gasteiger partial charge >= 0.3 is 0 Å². The zero-order valence-electron chi connectivity index (χ0n) is 16.0. The normalized spacial score (nSPS) is 12.6. The Morgan fingerprint density at radius 2 is 1.60 bits per heavy atom. The zero-order valence-corrected chi connectivity index (χ0v) is 17.6. The number of aromatic nitrogens is 2. The molecule has 5 rings (SSSR count). The number of thioether (sulfide) groups is 1. The Morgan fingerprint density at radius 3 is 2.33 bits per heavy atom. The fourth-order valence-electron chi connectivity index (χ4n) is 3.53. The predicted molar refractivity (Wildman–Crippen MR) is 123 cm³/mol. The Morgan fingerprint density at radius 1 is 0.900 bits per heavy atom. The molecule has 0 atom stereocenters. The number of nitrogens with one attached hydrogen (secondary N) is 1. The molecule has 0 bridgehead atoms. The van der Waals surface area contributed by atoms with Gasteiger partial charge in [0.25, 0.3) is 5.91 Å². The number of benzene rings is 3. The van der Waals surface area contributed by atoms with Gasteiger partial charge in [0.15, 0.2) is 0 Å². The van der Waals surface area contributed by atoms with Gasteiger partial charge in [-0.3, -0.25) is 4.79 Å². The van der Waals surface area contributed by atoms with Crippen molar-refractivity contribution >= 4 is 35.1 Å². The average molecular weight is 432 g/mol. The number of carbonyl (C=O) groups excluding carboxylic acids is 1. The maximum Gasteiger partial charge on any atom is 0.256 e. The van der Waals surface area contributed by atoms with E-state index >= 15 is 0 Å². The number of rotatable bonds is 4. The SMILES string of the molecule is O=C(Nc1c2c(nn1-c1ccc(Cl)cc1)CSC2)c1ccc(-c2ccccc2)cc1. The third-order valence-corrected chi connectivity index (χ3v) is 6.33. The largest absolute Gasteiger partial charge is 0.306 e. The molecule has 2 heterocycles. The molecule has 0 spiro atoms. The molecule has 3 aromatic carbocycles. The van der Waals surface area contributed by atoms with Gasteiger partial charge < -0.3 is 5.32 Å². The number of nitrogens with zero attached hydrogens (tertiary/aromatic N) is 2. The molecule has 1 aromatic heterocycles. The number of hydrogen-bond donors (Lipinski definition) is 1. The van der Waals surface area contributed by atoms with E-state index in [9.17, 15) is 4.79 Å². The van der Waals surface area contributed by atoms with Gasteiger partial charge in [0.2, 0.25) is 0 Å². The van der Waals surface area contributed by atoms with Crippen molar-refractivity contribution in [1.82, 2.24) is 9.78 Å². The fraction of sp³-hybridized carbons (Fsp3) is 0.0833. The Hall–Kier alpha value is -3.02. The van der Waals surface area contributed by atoms with Crippen LogP contribution in [-0.2, 0) is 11.5 Å². The standard InChI is InChI=1S/C24H18ClN3OS/c25-19-10-12-20(13-11-19)28-23(21-14-30-15-22(21)27-28)26-24(29)18-8-6-17(7-9-18)16-4-2-1-3-5-16/h1-13H,14-15H2,(H,26,29). The van der Waals surface area contributed by atoms with Crippen molar-refractivity contribution in [2.24, 2.45) is 0 Å². The zero-order chi connectivity index (χ0) is 20.5. The molecule has 0 radical (unpaired) electrons. The molecule has 148 valence electrons. The summed E-state index contributed by atoms with van der Waals surface area (Å²) in [4.78, 5) is 13.0. The Balaban J connectivity index is 1.44. The summed E-state index contributed by atoms with van der Waals surface area (Å²) >= 11 is 7.84. The van der Waals surface area contributed by atoms with Crippen molar-refractivity contribution in [2.75, 3.05) is 5.32 Å². The fourth-order valence-corrected chi connectivity index (χ4v) is 4.70. The van der Waals surface area contributed by atoms with Crippen LogP contribution < -0.4 is 5.32 Å². The average Bonchev–Trinajstić information content (AvgIpc) is 3.38. The van der Waals surface area contributed by atoms with Crippen molar-refractivity contribution in [2.45, 2.75) is 11.5 Å². The van der Waals surface area contributed by atoms with Crippen molar-refractivity contribution in [3.63, 3.8) is 0 Å². The van der Waals surface area contributed by atoms with Crippen molar-refractivity contribution < 1.29 is 4.79 Å². The van der Waals surface area contributed by atoms with Crippen LogP contribution in [-0.4, -0.2) is 15.7 Å². The van der Waals surface area contributed by atoms with Crippen LogP contribution in [0.1, 0.15) is 21.6 Å². The summed E-state index contributed by atoms with van der Waals surface area (Å²) in [5.74, 6) is 2.27. The molecule has 4 aromatic rings. The molecule has 1 N–H and O–H groups in total. The first-order valence-corrected chi connectivity index (χ1v) is 11.1. The second-order valence-corrected chi connectivity index (χ2v) is 8.47. The summed E-state index contributed by atoms with van der Waals surface area (Å²) in [5, 5.41) is 8.49. The minimum Gasteiger partial charge on any atom is -0.306 e. The molecule has 0 fully saturated rings. The van der Waals surface area contributed by atoms with Gasteiger partial charge in [0.05, 0.1) is 11.4 Å². The first kappa shape index (κ1) is 19.0. The first-order chi connectivity index (χ1) is 14.7. The van der Waals surface area contributed by atoms with Crippen LogP contribution in [0.3, 0.4) is 0 Å². The molecular formula is C24H18ClN3OS. The number of halogens is 1. The van der Waals surface area contributed by atoms with E-state index in [1.807, 2.05) is 66.7 Å². The molecular weight excluding hydrogens is 414 g/mol. The summed E-state index contributed by atoms with van der Waals surface area (Å²) in [5.41, 5.74) is 5.79. The van der Waals surface area contributed by atoms with Crippen LogP contribution in [0.5, 0.6) is 0 Å². The summed E-state index contributed by atoms with van der Waals surface area (Å²) in [6, 6.07) is 25.2. The van der Waals surface area contributed by atoms with E-state index in [-0.39, 0.29) is 5.91 Å². The van der Waals surface area contributed by atoms with Crippen molar-refractivity contribution in [3.8, 4) is 16.8 Å². The Bertz CT molecular complexity index is 1200. The minimum absolute atomic E-state index is 0.149. The molecule has 0 unspecified atom stereocenters. The van der Waals surface area contributed by atoms with E-state index in [0.29, 0.717) is 10.6 Å². The Labute approximate surface area is 183 Å². The summed E-state index contributed by atoms with van der Waals surface area (Å²) in [6.45, 7) is 0. The van der Waals surface area contributed by atoms with Gasteiger partial charge in [0, 0.05) is 27.7 Å². The lowest BCUT2D eigenvalue weighted by molar-refractivity contribution is 0.102. The van der Waals surface area contributed by atoms with Crippen LogP contribution in [0.4, 0.5) is 5.82 Å². The van der Waals surface area contributed by atoms with Crippen LogP contribution in [0.15, 0.2) is 78.9 Å². The first-order valence-electron chi connectivity index (χ1n) is 9.60. The molecule has 1 aliphatic heterocycles. The molecule has 0 saturated heterocycles. The lowest BCUT2D eigenvalue weighted by Crippen LogP contribution is -2.16. The van der Waals surface area contributed by atoms with Gasteiger partial charge in [-0.25, -0.2) is 4.68 Å². The molecule has 30 heavy (non-hydrogen) atoms. The topological polar surface area (TPSA) is 46.9 Å². The minimum atomic E-state index is -0.149. The number of amides is 1. The molecule has 1 aliphatic rings. The molecule has 0 aliphatic carbocycles. The third-order valence-electron chi connectivity index (χ3n) is 5.11. The number of fused-ring (bicyclic) bond motifs is 1. The van der Waals surface area contributed by atoms with Crippen LogP contribution in [0.25, 0.3) is 16.8 Å². The molecule has 4 nitrogen and oxygen atoms in total. The maximum absolute atomic E-state index is 13.0. The monoisotopic (exact) mass is 431 g/mol. The highest BCUT2D eigenvalue weighted by Crippen LogP contribution is 2.36. The number of anilines is 1. The second kappa shape index (κ2) is 8.01. The van der Waals surface area contributed by atoms with Crippen LogP contribution >= 0.6 is 23.4 Å². The lowest BCUT2D eigenvalue weighted by Gasteiger charge is -2.11. The van der Waals surface area contributed by atoms with Crippen LogP contribution in [0.2, 0.25) is 5.02 Å². The summed E-state index contributed by atoms with van der Waals surface area (Å²) in [6.07, 6.45) is 0. The predicted octanol–water partition coefficient (Wildman–Crippen LogP) is 6.19. The number of carbonyl (C=O) groups is 1. The lowest BCUT2D eigenvalue weighted by atomic mass is 10.0. The van der Waals surface area contributed by atoms with Crippen LogP contribution in [0, 0.1) is 0 Å². The number of hydrogen-bond acceptors (Lipinski definition) is 3. The molecule has 1 amide bonds. The quantitative estimate of drug-likeness (QED) is 0.419. The van der Waals surface area contributed by atoms with E-state index in [1.165, 1.54) is 0 Å². The molecule has 0 saturated carbocycles. The van der Waals surface area contributed by atoms with Crippen molar-refractivity contribution in [1.29, 1.82) is 0 Å². The highest BCUT2D eigenvalue weighted by molar-refractivity contribution is 7.98. The van der Waals surface area contributed by atoms with Gasteiger partial charge in [-0.1, -0.05) is 54.1 Å². The van der Waals surface area contributed by atoms with Crippen molar-refractivity contribution in [3.05, 3.63) is 101 Å². The summed E-state index contributed by atoms with van der Waals surface area (Å²) < 4.78 is 1.80. The smallest absolute Gasteiger partial charge is 0.256 e. The second-order valence-electron chi connectivity index (χ2n) is 7.05. The van der Waals surface area contributed by atoms with E-state index in [0.717, 1.165) is 45.4 Å².